The number of amides is 1. The number of carbonyl (C=O) groups is 1. The number of benzene rings is 1. The summed E-state index contributed by atoms with van der Waals surface area (Å²) >= 11 is 2.61. The Balaban J connectivity index is 1.51. The molecule has 1 aromatic carbocycles. The van der Waals surface area contributed by atoms with Gasteiger partial charge in [0, 0.05) is 36.9 Å². The number of carbonyl (C=O) groups excluding carboxylic acids is 1. The minimum atomic E-state index is -3.23. The molecular weight excluding hydrogens is 438 g/mol. The van der Waals surface area contributed by atoms with Gasteiger partial charge in [-0.25, -0.2) is 12.7 Å². The van der Waals surface area contributed by atoms with Crippen molar-refractivity contribution in [2.75, 3.05) is 24.7 Å². The smallest absolute Gasteiger partial charge is 0.269 e. The number of anilines is 1. The zero-order valence-corrected chi connectivity index (χ0v) is 17.9. The van der Waals surface area contributed by atoms with Crippen LogP contribution in [0, 0.1) is 16.0 Å². The predicted octanol–water partition coefficient (Wildman–Crippen LogP) is 2.35. The predicted molar refractivity (Wildman–Crippen MR) is 110 cm³/mol. The van der Waals surface area contributed by atoms with Crippen LogP contribution in [0.2, 0.25) is 0 Å². The van der Waals surface area contributed by atoms with Crippen molar-refractivity contribution in [1.82, 2.24) is 14.5 Å². The van der Waals surface area contributed by atoms with Crippen molar-refractivity contribution in [3.63, 3.8) is 0 Å². The number of aromatic nitrogens is 2. The van der Waals surface area contributed by atoms with E-state index >= 15 is 0 Å². The number of piperidine rings is 1. The van der Waals surface area contributed by atoms with Crippen LogP contribution in [0.1, 0.15) is 18.4 Å². The Morgan fingerprint density at radius 3 is 2.76 bits per heavy atom. The summed E-state index contributed by atoms with van der Waals surface area (Å²) in [5, 5.41) is 21.9. The summed E-state index contributed by atoms with van der Waals surface area (Å²) < 4.78 is 25.1. The Labute approximate surface area is 175 Å². The van der Waals surface area contributed by atoms with Gasteiger partial charge in [0.05, 0.1) is 11.2 Å². The van der Waals surface area contributed by atoms with E-state index in [1.807, 2.05) is 0 Å². The van der Waals surface area contributed by atoms with Gasteiger partial charge >= 0.3 is 0 Å². The highest BCUT2D eigenvalue weighted by molar-refractivity contribution is 8.00. The number of nitro benzene ring substituents is 1. The minimum Gasteiger partial charge on any atom is -0.300 e. The van der Waals surface area contributed by atoms with Crippen LogP contribution in [0.4, 0.5) is 10.8 Å². The number of nitrogens with one attached hydrogen (secondary N) is 1. The Kier molecular flexibility index (Phi) is 6.82. The molecule has 13 heteroatoms. The maximum absolute atomic E-state index is 12.4. The van der Waals surface area contributed by atoms with Gasteiger partial charge in [-0.2, -0.15) is 0 Å². The van der Waals surface area contributed by atoms with Crippen LogP contribution in [-0.2, 0) is 20.6 Å². The molecule has 1 saturated heterocycles. The summed E-state index contributed by atoms with van der Waals surface area (Å²) in [7, 11) is -3.23. The Hall–Kier alpha value is -2.09. The third-order valence-electron chi connectivity index (χ3n) is 4.41. The van der Waals surface area contributed by atoms with E-state index in [1.165, 1.54) is 45.8 Å². The maximum Gasteiger partial charge on any atom is 0.269 e. The van der Waals surface area contributed by atoms with Crippen LogP contribution < -0.4 is 5.32 Å². The lowest BCUT2D eigenvalue weighted by molar-refractivity contribution is -0.384. The first kappa shape index (κ1) is 21.6. The van der Waals surface area contributed by atoms with Gasteiger partial charge in [-0.05, 0) is 18.4 Å². The fourth-order valence-corrected chi connectivity index (χ4v) is 5.45. The fourth-order valence-electron chi connectivity index (χ4n) is 2.88. The van der Waals surface area contributed by atoms with Crippen molar-refractivity contribution in [2.24, 2.45) is 5.92 Å². The first-order chi connectivity index (χ1) is 13.7. The Morgan fingerprint density at radius 1 is 1.38 bits per heavy atom. The van der Waals surface area contributed by atoms with Gasteiger partial charge in [0.1, 0.15) is 0 Å². The molecule has 1 N–H and O–H groups in total. The zero-order valence-electron chi connectivity index (χ0n) is 15.5. The van der Waals surface area contributed by atoms with Crippen LogP contribution in [0.15, 0.2) is 28.6 Å². The van der Waals surface area contributed by atoms with Crippen molar-refractivity contribution >= 4 is 49.8 Å². The summed E-state index contributed by atoms with van der Waals surface area (Å²) in [4.78, 5) is 22.8. The SMILES string of the molecule is CS(=O)(=O)N1CCC(C(=O)Nc2nnc(SCc3cccc([N+](=O)[O-])c3)s2)CC1. The molecule has 0 radical (unpaired) electrons. The van der Waals surface area contributed by atoms with Crippen molar-refractivity contribution in [3.8, 4) is 0 Å². The molecule has 2 heterocycles. The van der Waals surface area contributed by atoms with Gasteiger partial charge in [-0.3, -0.25) is 14.9 Å². The number of sulfonamides is 1. The summed E-state index contributed by atoms with van der Waals surface area (Å²) in [5.74, 6) is 0.0382. The molecule has 0 saturated carbocycles. The minimum absolute atomic E-state index is 0.0373. The standard InChI is InChI=1S/C16H19N5O5S3/c1-29(25,26)20-7-5-12(6-8-20)14(22)17-15-18-19-16(28-15)27-10-11-3-2-4-13(9-11)21(23)24/h2-4,9,12H,5-8,10H2,1H3,(H,17,18,22). The zero-order chi connectivity index (χ0) is 21.0. The molecular formula is C16H19N5O5S3. The molecule has 0 aliphatic carbocycles. The third-order valence-corrected chi connectivity index (χ3v) is 7.76. The number of nitrogens with zero attached hydrogens (tertiary/aromatic N) is 4. The average molecular weight is 458 g/mol. The molecule has 2 aromatic rings. The Morgan fingerprint density at radius 2 is 2.10 bits per heavy atom. The number of thioether (sulfide) groups is 1. The molecule has 3 rings (SSSR count). The first-order valence-corrected chi connectivity index (χ1v) is 12.3. The van der Waals surface area contributed by atoms with Crippen LogP contribution >= 0.6 is 23.1 Å². The molecule has 29 heavy (non-hydrogen) atoms. The monoisotopic (exact) mass is 457 g/mol. The highest BCUT2D eigenvalue weighted by atomic mass is 32.2. The van der Waals surface area contributed by atoms with Crippen LogP contribution in [0.25, 0.3) is 0 Å². The first-order valence-electron chi connectivity index (χ1n) is 8.68. The van der Waals surface area contributed by atoms with Crippen molar-refractivity contribution in [2.45, 2.75) is 22.9 Å². The van der Waals surface area contributed by atoms with Gasteiger partial charge in [0.2, 0.25) is 21.1 Å². The van der Waals surface area contributed by atoms with Crippen molar-refractivity contribution < 1.29 is 18.1 Å². The number of non-ortho nitro benzene ring substituents is 1. The van der Waals surface area contributed by atoms with Gasteiger partial charge in [0.25, 0.3) is 5.69 Å². The van der Waals surface area contributed by atoms with E-state index in [-0.39, 0.29) is 17.5 Å². The second-order valence-corrected chi connectivity index (χ2v) is 10.7. The Bertz CT molecular complexity index is 1000. The van der Waals surface area contributed by atoms with E-state index in [4.69, 9.17) is 0 Å². The second-order valence-electron chi connectivity index (χ2n) is 6.51. The topological polar surface area (TPSA) is 135 Å². The molecule has 1 fully saturated rings. The summed E-state index contributed by atoms with van der Waals surface area (Å²) in [6, 6.07) is 6.38. The fraction of sp³-hybridized carbons (Fsp3) is 0.438. The van der Waals surface area contributed by atoms with Gasteiger partial charge in [-0.1, -0.05) is 35.2 Å². The van der Waals surface area contributed by atoms with Gasteiger partial charge in [-0.15, -0.1) is 10.2 Å². The molecule has 1 amide bonds. The molecule has 0 spiro atoms. The van der Waals surface area contributed by atoms with Crippen LogP contribution in [0.3, 0.4) is 0 Å². The van der Waals surface area contributed by atoms with E-state index in [9.17, 15) is 23.3 Å². The largest absolute Gasteiger partial charge is 0.300 e. The lowest BCUT2D eigenvalue weighted by atomic mass is 9.97. The van der Waals surface area contributed by atoms with Gasteiger partial charge in [0.15, 0.2) is 4.34 Å². The third kappa shape index (κ3) is 5.95. The molecule has 1 aromatic heterocycles. The van der Waals surface area contributed by atoms with Crippen LogP contribution in [0.5, 0.6) is 0 Å². The summed E-state index contributed by atoms with van der Waals surface area (Å²) in [6.07, 6.45) is 2.10. The number of nitro groups is 1. The van der Waals surface area contributed by atoms with Gasteiger partial charge < -0.3 is 5.32 Å². The lowest BCUT2D eigenvalue weighted by Gasteiger charge is -2.29. The molecule has 0 unspecified atom stereocenters. The highest BCUT2D eigenvalue weighted by Gasteiger charge is 2.29. The van der Waals surface area contributed by atoms with E-state index in [0.717, 1.165) is 5.56 Å². The number of hydrogen-bond acceptors (Lipinski definition) is 9. The normalized spacial score (nSPS) is 15.9. The number of rotatable bonds is 7. The molecule has 10 nitrogen and oxygen atoms in total. The maximum atomic E-state index is 12.4. The highest BCUT2D eigenvalue weighted by Crippen LogP contribution is 2.30. The van der Waals surface area contributed by atoms with Crippen molar-refractivity contribution in [1.29, 1.82) is 0 Å². The van der Waals surface area contributed by atoms with E-state index in [1.54, 1.807) is 12.1 Å². The molecule has 156 valence electrons. The summed E-state index contributed by atoms with van der Waals surface area (Å²) in [6.45, 7) is 0.661. The second kappa shape index (κ2) is 9.15. The quantitative estimate of drug-likeness (QED) is 0.290. The summed E-state index contributed by atoms with van der Waals surface area (Å²) in [5.41, 5.74) is 0.831. The average Bonchev–Trinajstić information content (AvgIpc) is 3.13. The molecule has 0 bridgehead atoms. The number of hydrogen-bond donors (Lipinski definition) is 1. The van der Waals surface area contributed by atoms with E-state index < -0.39 is 14.9 Å². The molecule has 1 aliphatic heterocycles. The van der Waals surface area contributed by atoms with E-state index in [2.05, 4.69) is 15.5 Å². The lowest BCUT2D eigenvalue weighted by Crippen LogP contribution is -2.40. The van der Waals surface area contributed by atoms with Crippen molar-refractivity contribution in [3.05, 3.63) is 39.9 Å². The molecule has 0 atom stereocenters. The van der Waals surface area contributed by atoms with E-state index in [0.29, 0.717) is 41.2 Å². The van der Waals surface area contributed by atoms with Crippen LogP contribution in [-0.4, -0.2) is 53.1 Å². The molecule has 1 aliphatic rings.